The van der Waals surface area contributed by atoms with Crippen LogP contribution in [0.3, 0.4) is 0 Å². The Hall–Kier alpha value is -0.940. The third-order valence-corrected chi connectivity index (χ3v) is 4.36. The molecule has 1 aliphatic heterocycles. The third kappa shape index (κ3) is 3.29. The molecule has 0 radical (unpaired) electrons. The Morgan fingerprint density at radius 1 is 1.61 bits per heavy atom. The maximum Gasteiger partial charge on any atom is 0.263 e. The smallest absolute Gasteiger partial charge is 0.263 e. The Bertz CT molecular complexity index is 410. The van der Waals surface area contributed by atoms with Crippen molar-refractivity contribution in [2.45, 2.75) is 45.6 Å². The molecule has 0 bridgehead atoms. The van der Waals surface area contributed by atoms with Crippen LogP contribution in [0.4, 0.5) is 0 Å². The molecule has 0 saturated carbocycles. The fourth-order valence-electron chi connectivity index (χ4n) is 2.21. The molecule has 2 rings (SSSR count). The zero-order valence-corrected chi connectivity index (χ0v) is 11.9. The summed E-state index contributed by atoms with van der Waals surface area (Å²) in [5.41, 5.74) is 0.865. The third-order valence-electron chi connectivity index (χ3n) is 3.14. The molecule has 5 heteroatoms. The summed E-state index contributed by atoms with van der Waals surface area (Å²) in [5.74, 6) is 0.0426. The van der Waals surface area contributed by atoms with E-state index in [-0.39, 0.29) is 11.9 Å². The van der Waals surface area contributed by atoms with Crippen LogP contribution >= 0.6 is 11.3 Å². The van der Waals surface area contributed by atoms with Gasteiger partial charge in [0.15, 0.2) is 0 Å². The topological polar surface area (TPSA) is 54.0 Å². The number of piperidine rings is 1. The molecule has 1 aliphatic rings. The molecule has 1 saturated heterocycles. The lowest BCUT2D eigenvalue weighted by Crippen LogP contribution is -2.45. The Kier molecular flexibility index (Phi) is 4.72. The maximum absolute atomic E-state index is 12.2. The van der Waals surface area contributed by atoms with Gasteiger partial charge in [0.1, 0.15) is 4.88 Å². The van der Waals surface area contributed by atoms with Gasteiger partial charge in [0.25, 0.3) is 5.91 Å². The molecule has 100 valence electrons. The summed E-state index contributed by atoms with van der Waals surface area (Å²) in [4.78, 5) is 17.4. The van der Waals surface area contributed by atoms with Crippen molar-refractivity contribution in [2.24, 2.45) is 0 Å². The van der Waals surface area contributed by atoms with Crippen LogP contribution in [0.25, 0.3) is 0 Å². The number of nitrogens with zero attached hydrogens (tertiary/aromatic N) is 1. The molecule has 1 amide bonds. The van der Waals surface area contributed by atoms with Gasteiger partial charge in [0.05, 0.1) is 10.7 Å². The second kappa shape index (κ2) is 6.29. The Morgan fingerprint density at radius 2 is 2.44 bits per heavy atom. The van der Waals surface area contributed by atoms with Gasteiger partial charge in [0, 0.05) is 12.6 Å². The van der Waals surface area contributed by atoms with Gasteiger partial charge in [-0.2, -0.15) is 0 Å². The second-order valence-corrected chi connectivity index (χ2v) is 5.87. The number of hydrogen-bond acceptors (Lipinski definition) is 4. The normalized spacial score (nSPS) is 19.8. The van der Waals surface area contributed by atoms with E-state index in [1.165, 1.54) is 11.3 Å². The molecule has 0 aromatic carbocycles. The van der Waals surface area contributed by atoms with Crippen molar-refractivity contribution in [3.05, 3.63) is 15.6 Å². The van der Waals surface area contributed by atoms with E-state index in [1.54, 1.807) is 0 Å². The van der Waals surface area contributed by atoms with E-state index in [4.69, 9.17) is 0 Å². The number of carbonyl (C=O) groups is 1. The van der Waals surface area contributed by atoms with Crippen molar-refractivity contribution in [3.63, 3.8) is 0 Å². The predicted octanol–water partition coefficient (Wildman–Crippen LogP) is 1.89. The van der Waals surface area contributed by atoms with Crippen LogP contribution in [-0.2, 0) is 6.42 Å². The van der Waals surface area contributed by atoms with E-state index in [0.29, 0.717) is 0 Å². The minimum atomic E-state index is 0.0426. The van der Waals surface area contributed by atoms with Crippen LogP contribution in [-0.4, -0.2) is 30.0 Å². The van der Waals surface area contributed by atoms with Crippen molar-refractivity contribution in [3.8, 4) is 0 Å². The molecule has 0 aliphatic carbocycles. The summed E-state index contributed by atoms with van der Waals surface area (Å²) >= 11 is 1.54. The number of hydrogen-bond donors (Lipinski definition) is 2. The number of amides is 1. The fourth-order valence-corrected chi connectivity index (χ4v) is 3.28. The first-order valence-corrected chi connectivity index (χ1v) is 7.50. The van der Waals surface area contributed by atoms with E-state index in [2.05, 4.69) is 22.5 Å². The molecule has 1 atom stereocenters. The lowest BCUT2D eigenvalue weighted by molar-refractivity contribution is 0.0934. The van der Waals surface area contributed by atoms with E-state index in [1.807, 2.05) is 6.92 Å². The van der Waals surface area contributed by atoms with Gasteiger partial charge in [-0.25, -0.2) is 4.98 Å². The summed E-state index contributed by atoms with van der Waals surface area (Å²) in [6.45, 7) is 5.99. The zero-order valence-electron chi connectivity index (χ0n) is 11.1. The average Bonchev–Trinajstić information content (AvgIpc) is 2.72. The molecule has 1 aromatic heterocycles. The molecular formula is C13H21N3OS. The molecule has 18 heavy (non-hydrogen) atoms. The van der Waals surface area contributed by atoms with Crippen molar-refractivity contribution in [2.75, 3.05) is 13.1 Å². The summed E-state index contributed by atoms with van der Waals surface area (Å²) < 4.78 is 0. The summed E-state index contributed by atoms with van der Waals surface area (Å²) in [5, 5.41) is 7.48. The molecule has 2 N–H and O–H groups in total. The van der Waals surface area contributed by atoms with Crippen LogP contribution in [0.1, 0.15) is 46.6 Å². The largest absolute Gasteiger partial charge is 0.347 e. The van der Waals surface area contributed by atoms with E-state index >= 15 is 0 Å². The molecule has 2 heterocycles. The number of aromatic nitrogens is 1. The number of carbonyl (C=O) groups excluding carboxylic acids is 1. The summed E-state index contributed by atoms with van der Waals surface area (Å²) in [6.07, 6.45) is 4.23. The molecule has 1 fully saturated rings. The first-order valence-electron chi connectivity index (χ1n) is 6.68. The van der Waals surface area contributed by atoms with Crippen molar-refractivity contribution in [1.82, 2.24) is 15.6 Å². The predicted molar refractivity (Wildman–Crippen MR) is 74.2 cm³/mol. The van der Waals surface area contributed by atoms with Gasteiger partial charge in [0.2, 0.25) is 0 Å². The van der Waals surface area contributed by atoms with Gasteiger partial charge in [-0.1, -0.05) is 6.92 Å². The van der Waals surface area contributed by atoms with E-state index in [0.717, 1.165) is 54.4 Å². The summed E-state index contributed by atoms with van der Waals surface area (Å²) in [6, 6.07) is 0.266. The minimum Gasteiger partial charge on any atom is -0.347 e. The maximum atomic E-state index is 12.2. The van der Waals surface area contributed by atoms with Crippen LogP contribution in [0.15, 0.2) is 0 Å². The van der Waals surface area contributed by atoms with Crippen LogP contribution in [0, 0.1) is 6.92 Å². The lowest BCUT2D eigenvalue weighted by Gasteiger charge is -2.23. The molecule has 0 spiro atoms. The highest BCUT2D eigenvalue weighted by molar-refractivity contribution is 7.13. The van der Waals surface area contributed by atoms with Crippen LogP contribution in [0.5, 0.6) is 0 Å². The van der Waals surface area contributed by atoms with E-state index < -0.39 is 0 Å². The Morgan fingerprint density at radius 3 is 3.11 bits per heavy atom. The van der Waals surface area contributed by atoms with Crippen molar-refractivity contribution in [1.29, 1.82) is 0 Å². The Labute approximate surface area is 112 Å². The number of aryl methyl sites for hydroxylation is 2. The standard InChI is InChI=1S/C13H21N3OS/c1-3-5-11-15-9(2)12(18-11)13(17)16-10-6-4-7-14-8-10/h10,14H,3-8H2,1-2H3,(H,16,17). The highest BCUT2D eigenvalue weighted by Gasteiger charge is 2.19. The first-order chi connectivity index (χ1) is 8.70. The first kappa shape index (κ1) is 13.5. The zero-order chi connectivity index (χ0) is 13.0. The van der Waals surface area contributed by atoms with Gasteiger partial charge in [-0.05, 0) is 39.2 Å². The highest BCUT2D eigenvalue weighted by atomic mass is 32.1. The minimum absolute atomic E-state index is 0.0426. The van der Waals surface area contributed by atoms with Gasteiger partial charge >= 0.3 is 0 Å². The second-order valence-electron chi connectivity index (χ2n) is 4.79. The number of nitrogens with one attached hydrogen (secondary N) is 2. The van der Waals surface area contributed by atoms with E-state index in [9.17, 15) is 4.79 Å². The molecule has 1 aromatic rings. The summed E-state index contributed by atoms with van der Waals surface area (Å²) in [7, 11) is 0. The number of thiazole rings is 1. The highest BCUT2D eigenvalue weighted by Crippen LogP contribution is 2.19. The van der Waals surface area contributed by atoms with Gasteiger partial charge in [-0.15, -0.1) is 11.3 Å². The van der Waals surface area contributed by atoms with Crippen LogP contribution in [0.2, 0.25) is 0 Å². The SMILES string of the molecule is CCCc1nc(C)c(C(=O)NC2CCCNC2)s1. The number of rotatable bonds is 4. The average molecular weight is 267 g/mol. The lowest BCUT2D eigenvalue weighted by atomic mass is 10.1. The molecular weight excluding hydrogens is 246 g/mol. The molecule has 1 unspecified atom stereocenters. The quantitative estimate of drug-likeness (QED) is 0.876. The van der Waals surface area contributed by atoms with Gasteiger partial charge in [-0.3, -0.25) is 4.79 Å². The fraction of sp³-hybridized carbons (Fsp3) is 0.692. The molecule has 4 nitrogen and oxygen atoms in total. The van der Waals surface area contributed by atoms with Crippen molar-refractivity contribution >= 4 is 17.2 Å². The van der Waals surface area contributed by atoms with Crippen LogP contribution < -0.4 is 10.6 Å². The Balaban J connectivity index is 1.99. The van der Waals surface area contributed by atoms with Crippen molar-refractivity contribution < 1.29 is 4.79 Å². The van der Waals surface area contributed by atoms with Gasteiger partial charge < -0.3 is 10.6 Å². The monoisotopic (exact) mass is 267 g/mol.